The number of hydrogen-bond acceptors (Lipinski definition) is 4. The highest BCUT2D eigenvalue weighted by atomic mass is 32.1. The molecule has 2 heterocycles. The van der Waals surface area contributed by atoms with Crippen molar-refractivity contribution in [3.05, 3.63) is 52.8 Å². The number of benzene rings is 2. The summed E-state index contributed by atoms with van der Waals surface area (Å²) >= 11 is 1.48. The Hall–Kier alpha value is -2.40. The lowest BCUT2D eigenvalue weighted by Crippen LogP contribution is -2.13. The van der Waals surface area contributed by atoms with Crippen molar-refractivity contribution < 1.29 is 0 Å². The second kappa shape index (κ2) is 3.55. The highest BCUT2D eigenvalue weighted by Crippen LogP contribution is 2.30. The topological polar surface area (TPSA) is 60.4 Å². The molecule has 0 atom stereocenters. The standard InChI is InChI=1S/C14H9N3OS/c15-11-7-12(18)17-13-9-4-2-1-3-8(9)5-6-10(13)19-14(17)16-11/h1-7H,15H2. The van der Waals surface area contributed by atoms with Gasteiger partial charge in [-0.3, -0.25) is 9.20 Å². The fourth-order valence-electron chi connectivity index (χ4n) is 2.40. The highest BCUT2D eigenvalue weighted by molar-refractivity contribution is 7.23. The molecule has 0 unspecified atom stereocenters. The number of nitrogens with zero attached hydrogens (tertiary/aromatic N) is 2. The molecular weight excluding hydrogens is 258 g/mol. The van der Waals surface area contributed by atoms with Crippen LogP contribution in [0.25, 0.3) is 25.9 Å². The minimum Gasteiger partial charge on any atom is -0.383 e. The number of aromatic nitrogens is 2. The van der Waals surface area contributed by atoms with E-state index in [4.69, 9.17) is 5.73 Å². The molecule has 2 aromatic heterocycles. The van der Waals surface area contributed by atoms with Crippen LogP contribution in [0, 0.1) is 0 Å². The Labute approximate surface area is 111 Å². The third kappa shape index (κ3) is 1.39. The van der Waals surface area contributed by atoms with Crippen molar-refractivity contribution in [2.24, 2.45) is 0 Å². The first-order valence-electron chi connectivity index (χ1n) is 5.83. The van der Waals surface area contributed by atoms with E-state index in [1.807, 2.05) is 30.3 Å². The zero-order chi connectivity index (χ0) is 13.0. The van der Waals surface area contributed by atoms with Crippen LogP contribution in [0.4, 0.5) is 5.82 Å². The second-order valence-corrected chi connectivity index (χ2v) is 5.38. The summed E-state index contributed by atoms with van der Waals surface area (Å²) in [5.74, 6) is 0.265. The van der Waals surface area contributed by atoms with Gasteiger partial charge in [-0.25, -0.2) is 4.98 Å². The van der Waals surface area contributed by atoms with Gasteiger partial charge in [0.05, 0.1) is 10.2 Å². The number of hydrogen-bond donors (Lipinski definition) is 1. The zero-order valence-electron chi connectivity index (χ0n) is 9.83. The lowest BCUT2D eigenvalue weighted by Gasteiger charge is -2.00. The van der Waals surface area contributed by atoms with Crippen molar-refractivity contribution in [1.29, 1.82) is 0 Å². The molecule has 0 saturated heterocycles. The molecule has 4 nitrogen and oxygen atoms in total. The van der Waals surface area contributed by atoms with Gasteiger partial charge < -0.3 is 5.73 Å². The van der Waals surface area contributed by atoms with Crippen LogP contribution < -0.4 is 11.3 Å². The average molecular weight is 267 g/mol. The predicted octanol–water partition coefficient (Wildman–Crippen LogP) is 2.64. The van der Waals surface area contributed by atoms with Gasteiger partial charge in [0, 0.05) is 11.5 Å². The summed E-state index contributed by atoms with van der Waals surface area (Å²) < 4.78 is 2.67. The van der Waals surface area contributed by atoms with E-state index in [9.17, 15) is 4.79 Å². The second-order valence-electron chi connectivity index (χ2n) is 4.37. The van der Waals surface area contributed by atoms with E-state index in [-0.39, 0.29) is 11.4 Å². The molecule has 0 spiro atoms. The van der Waals surface area contributed by atoms with E-state index in [0.717, 1.165) is 21.0 Å². The van der Waals surface area contributed by atoms with Gasteiger partial charge in [0.15, 0.2) is 4.96 Å². The van der Waals surface area contributed by atoms with Gasteiger partial charge in [-0.15, -0.1) is 0 Å². The molecule has 92 valence electrons. The van der Waals surface area contributed by atoms with Crippen LogP contribution in [0.5, 0.6) is 0 Å². The molecule has 0 aliphatic carbocycles. The molecule has 0 fully saturated rings. The summed E-state index contributed by atoms with van der Waals surface area (Å²) in [6, 6.07) is 13.5. The first-order valence-corrected chi connectivity index (χ1v) is 6.65. The molecule has 2 aromatic carbocycles. The van der Waals surface area contributed by atoms with Gasteiger partial charge in [0.25, 0.3) is 5.56 Å². The maximum absolute atomic E-state index is 12.2. The van der Waals surface area contributed by atoms with Crippen molar-refractivity contribution >= 4 is 43.1 Å². The van der Waals surface area contributed by atoms with Gasteiger partial charge in [-0.1, -0.05) is 41.7 Å². The Morgan fingerprint density at radius 3 is 2.89 bits per heavy atom. The maximum Gasteiger partial charge on any atom is 0.261 e. The average Bonchev–Trinajstić information content (AvgIpc) is 2.77. The molecule has 0 amide bonds. The van der Waals surface area contributed by atoms with Gasteiger partial charge in [0.1, 0.15) is 5.82 Å². The molecule has 4 rings (SSSR count). The van der Waals surface area contributed by atoms with Gasteiger partial charge in [-0.2, -0.15) is 0 Å². The molecule has 0 saturated carbocycles. The predicted molar refractivity (Wildman–Crippen MR) is 78.8 cm³/mol. The summed E-state index contributed by atoms with van der Waals surface area (Å²) in [6.45, 7) is 0. The number of rotatable bonds is 0. The minimum atomic E-state index is -0.134. The molecule has 4 aromatic rings. The van der Waals surface area contributed by atoms with Crippen molar-refractivity contribution in [3.8, 4) is 0 Å². The molecule has 0 bridgehead atoms. The third-order valence-electron chi connectivity index (χ3n) is 3.20. The molecule has 5 heteroatoms. The lowest BCUT2D eigenvalue weighted by atomic mass is 10.1. The number of thiazole rings is 1. The fraction of sp³-hybridized carbons (Fsp3) is 0. The minimum absolute atomic E-state index is 0.134. The zero-order valence-corrected chi connectivity index (χ0v) is 10.6. The Kier molecular flexibility index (Phi) is 1.97. The Morgan fingerprint density at radius 1 is 1.16 bits per heavy atom. The van der Waals surface area contributed by atoms with E-state index in [1.54, 1.807) is 4.40 Å². The molecule has 0 radical (unpaired) electrons. The fourth-order valence-corrected chi connectivity index (χ4v) is 3.45. The van der Waals surface area contributed by atoms with E-state index in [0.29, 0.717) is 4.96 Å². The van der Waals surface area contributed by atoms with E-state index in [2.05, 4.69) is 11.1 Å². The molecular formula is C14H9N3OS. The smallest absolute Gasteiger partial charge is 0.261 e. The lowest BCUT2D eigenvalue weighted by molar-refractivity contribution is 1.13. The molecule has 0 aliphatic rings. The quantitative estimate of drug-likeness (QED) is 0.533. The number of nitrogen functional groups attached to an aromatic ring is 1. The number of fused-ring (bicyclic) bond motifs is 5. The van der Waals surface area contributed by atoms with Crippen LogP contribution in [0.15, 0.2) is 47.3 Å². The van der Waals surface area contributed by atoms with Crippen molar-refractivity contribution in [2.45, 2.75) is 0 Å². The molecule has 19 heavy (non-hydrogen) atoms. The van der Waals surface area contributed by atoms with Gasteiger partial charge in [-0.05, 0) is 11.5 Å². The first kappa shape index (κ1) is 10.5. The third-order valence-corrected chi connectivity index (χ3v) is 4.20. The summed E-state index contributed by atoms with van der Waals surface area (Å²) in [5, 5.41) is 2.17. The SMILES string of the molecule is Nc1cc(=O)n2c(n1)sc1ccc3ccccc3c12. The van der Waals surface area contributed by atoms with E-state index in [1.165, 1.54) is 17.4 Å². The van der Waals surface area contributed by atoms with E-state index < -0.39 is 0 Å². The van der Waals surface area contributed by atoms with Crippen LogP contribution in [-0.2, 0) is 0 Å². The summed E-state index contributed by atoms with van der Waals surface area (Å²) in [4.78, 5) is 17.0. The Bertz CT molecular complexity index is 1000. The van der Waals surface area contributed by atoms with Crippen molar-refractivity contribution in [3.63, 3.8) is 0 Å². The van der Waals surface area contributed by atoms with Crippen molar-refractivity contribution in [1.82, 2.24) is 9.38 Å². The number of nitrogens with two attached hydrogens (primary N) is 1. The van der Waals surface area contributed by atoms with Gasteiger partial charge in [0.2, 0.25) is 0 Å². The van der Waals surface area contributed by atoms with Crippen LogP contribution in [0.2, 0.25) is 0 Å². The van der Waals surface area contributed by atoms with Crippen LogP contribution in [-0.4, -0.2) is 9.38 Å². The monoisotopic (exact) mass is 267 g/mol. The molecule has 0 aliphatic heterocycles. The number of anilines is 1. The van der Waals surface area contributed by atoms with Crippen LogP contribution in [0.1, 0.15) is 0 Å². The first-order chi connectivity index (χ1) is 9.24. The Balaban J connectivity index is 2.39. The summed E-state index contributed by atoms with van der Waals surface area (Å²) in [6.07, 6.45) is 0. The van der Waals surface area contributed by atoms with Crippen LogP contribution in [0.3, 0.4) is 0 Å². The van der Waals surface area contributed by atoms with Crippen molar-refractivity contribution in [2.75, 3.05) is 5.73 Å². The highest BCUT2D eigenvalue weighted by Gasteiger charge is 2.11. The Morgan fingerprint density at radius 2 is 2.00 bits per heavy atom. The van der Waals surface area contributed by atoms with Gasteiger partial charge >= 0.3 is 0 Å². The summed E-state index contributed by atoms with van der Waals surface area (Å²) in [5.41, 5.74) is 6.42. The van der Waals surface area contributed by atoms with E-state index >= 15 is 0 Å². The van der Waals surface area contributed by atoms with Crippen LogP contribution >= 0.6 is 11.3 Å². The summed E-state index contributed by atoms with van der Waals surface area (Å²) in [7, 11) is 0. The normalized spacial score (nSPS) is 11.6. The largest absolute Gasteiger partial charge is 0.383 e. The molecule has 2 N–H and O–H groups in total. The maximum atomic E-state index is 12.2.